The van der Waals surface area contributed by atoms with Crippen LogP contribution in [0.2, 0.25) is 5.15 Å². The van der Waals surface area contributed by atoms with E-state index in [1.165, 1.54) is 33.8 Å². The molecule has 1 aromatic carbocycles. The van der Waals surface area contributed by atoms with Gasteiger partial charge in [-0.25, -0.2) is 9.18 Å². The van der Waals surface area contributed by atoms with Gasteiger partial charge in [-0.05, 0) is 37.1 Å². The molecule has 0 aliphatic carbocycles. The van der Waals surface area contributed by atoms with Crippen LogP contribution in [-0.4, -0.2) is 40.7 Å². The van der Waals surface area contributed by atoms with Crippen molar-refractivity contribution < 1.29 is 23.5 Å². The minimum absolute atomic E-state index is 0.0382. The van der Waals surface area contributed by atoms with E-state index in [0.717, 1.165) is 0 Å². The summed E-state index contributed by atoms with van der Waals surface area (Å²) in [6.07, 6.45) is -0.107. The number of nitrogens with zero attached hydrogens (tertiary/aromatic N) is 3. The van der Waals surface area contributed by atoms with Gasteiger partial charge in [-0.1, -0.05) is 25.4 Å². The Kier molecular flexibility index (Phi) is 7.93. The fourth-order valence-corrected chi connectivity index (χ4v) is 3.09. The molecule has 8 nitrogen and oxygen atoms in total. The van der Waals surface area contributed by atoms with Crippen molar-refractivity contribution in [3.05, 3.63) is 46.5 Å². The predicted molar refractivity (Wildman–Crippen MR) is 110 cm³/mol. The monoisotopic (exact) mass is 438 g/mol. The second-order valence-corrected chi connectivity index (χ2v) is 7.50. The van der Waals surface area contributed by atoms with Crippen molar-refractivity contribution in [2.24, 2.45) is 11.7 Å². The Morgan fingerprint density at radius 2 is 1.90 bits per heavy atom. The fraction of sp³-hybridized carbons (Fsp3) is 0.400. The Balaban J connectivity index is 2.12. The van der Waals surface area contributed by atoms with E-state index in [4.69, 9.17) is 22.1 Å². The summed E-state index contributed by atoms with van der Waals surface area (Å²) in [6, 6.07) is 5.12. The van der Waals surface area contributed by atoms with Gasteiger partial charge in [0.1, 0.15) is 16.5 Å². The SMILES string of the molecule is Cc1nn(CC(C)C)c(Cl)c1C(=O)OCC(=O)N(CCC(N)=O)c1ccc(F)cc1. The number of nitrogens with two attached hydrogens (primary N) is 1. The van der Waals surface area contributed by atoms with Gasteiger partial charge in [0.2, 0.25) is 5.91 Å². The van der Waals surface area contributed by atoms with Gasteiger partial charge in [-0.15, -0.1) is 0 Å². The average Bonchev–Trinajstić information content (AvgIpc) is 2.93. The van der Waals surface area contributed by atoms with E-state index >= 15 is 0 Å². The maximum atomic E-state index is 13.2. The number of aromatic nitrogens is 2. The van der Waals surface area contributed by atoms with Crippen LogP contribution in [0.5, 0.6) is 0 Å². The van der Waals surface area contributed by atoms with Crippen molar-refractivity contribution in [1.82, 2.24) is 9.78 Å². The molecule has 10 heteroatoms. The van der Waals surface area contributed by atoms with Crippen LogP contribution < -0.4 is 10.6 Å². The number of esters is 1. The second kappa shape index (κ2) is 10.2. The molecule has 2 rings (SSSR count). The van der Waals surface area contributed by atoms with Crippen molar-refractivity contribution in [3.8, 4) is 0 Å². The molecule has 0 aliphatic heterocycles. The Morgan fingerprint density at radius 1 is 1.27 bits per heavy atom. The minimum Gasteiger partial charge on any atom is -0.452 e. The quantitative estimate of drug-likeness (QED) is 0.605. The normalized spacial score (nSPS) is 10.9. The van der Waals surface area contributed by atoms with E-state index in [1.54, 1.807) is 6.92 Å². The summed E-state index contributed by atoms with van der Waals surface area (Å²) in [5.74, 6) is -2.20. The van der Waals surface area contributed by atoms with Gasteiger partial charge in [0.05, 0.1) is 5.69 Å². The number of aryl methyl sites for hydroxylation is 1. The van der Waals surface area contributed by atoms with E-state index < -0.39 is 30.2 Å². The molecule has 0 aliphatic rings. The highest BCUT2D eigenvalue weighted by molar-refractivity contribution is 6.32. The standard InChI is InChI=1S/C20H24ClFN4O4/c1-12(2)10-26-19(21)18(13(3)24-26)20(29)30-11-17(28)25(9-8-16(23)27)15-6-4-14(22)5-7-15/h4-7,12H,8-11H2,1-3H3,(H2,23,27). The molecule has 0 unspecified atom stereocenters. The van der Waals surface area contributed by atoms with Crippen LogP contribution in [0.15, 0.2) is 24.3 Å². The van der Waals surface area contributed by atoms with Gasteiger partial charge in [0.15, 0.2) is 6.61 Å². The molecular weight excluding hydrogens is 415 g/mol. The lowest BCUT2D eigenvalue weighted by atomic mass is 10.2. The zero-order valence-electron chi connectivity index (χ0n) is 17.0. The van der Waals surface area contributed by atoms with E-state index in [9.17, 15) is 18.8 Å². The molecule has 2 N–H and O–H groups in total. The van der Waals surface area contributed by atoms with Gasteiger partial charge >= 0.3 is 5.97 Å². The van der Waals surface area contributed by atoms with Crippen molar-refractivity contribution in [2.75, 3.05) is 18.1 Å². The second-order valence-electron chi connectivity index (χ2n) is 7.14. The molecule has 162 valence electrons. The predicted octanol–water partition coefficient (Wildman–Crippen LogP) is 2.71. The number of anilines is 1. The first-order valence-corrected chi connectivity index (χ1v) is 9.72. The molecule has 0 saturated heterocycles. The van der Waals surface area contributed by atoms with Gasteiger partial charge in [-0.2, -0.15) is 5.10 Å². The molecule has 2 amide bonds. The molecule has 1 heterocycles. The maximum absolute atomic E-state index is 13.2. The molecule has 0 fully saturated rings. The number of halogens is 2. The summed E-state index contributed by atoms with van der Waals surface area (Å²) < 4.78 is 19.9. The minimum atomic E-state index is -0.783. The summed E-state index contributed by atoms with van der Waals surface area (Å²) in [5.41, 5.74) is 5.99. The summed E-state index contributed by atoms with van der Waals surface area (Å²) in [4.78, 5) is 37.5. The van der Waals surface area contributed by atoms with Crippen LogP contribution in [-0.2, 0) is 20.9 Å². The summed E-state index contributed by atoms with van der Waals surface area (Å²) in [7, 11) is 0. The highest BCUT2D eigenvalue weighted by Crippen LogP contribution is 2.22. The molecule has 0 radical (unpaired) electrons. The summed E-state index contributed by atoms with van der Waals surface area (Å²) in [5, 5.41) is 4.38. The van der Waals surface area contributed by atoms with E-state index in [0.29, 0.717) is 17.9 Å². The van der Waals surface area contributed by atoms with Crippen LogP contribution in [0, 0.1) is 18.7 Å². The molecule has 0 atom stereocenters. The van der Waals surface area contributed by atoms with E-state index in [1.807, 2.05) is 13.8 Å². The lowest BCUT2D eigenvalue weighted by Gasteiger charge is -2.22. The number of benzene rings is 1. The smallest absolute Gasteiger partial charge is 0.343 e. The third kappa shape index (κ3) is 6.03. The summed E-state index contributed by atoms with van der Waals surface area (Å²) >= 11 is 6.26. The molecule has 1 aromatic heterocycles. The van der Waals surface area contributed by atoms with Crippen LogP contribution in [0.3, 0.4) is 0 Å². The molecular formula is C20H24ClFN4O4. The first-order valence-electron chi connectivity index (χ1n) is 9.34. The van der Waals surface area contributed by atoms with Gasteiger partial charge < -0.3 is 15.4 Å². The van der Waals surface area contributed by atoms with Crippen molar-refractivity contribution in [3.63, 3.8) is 0 Å². The first kappa shape index (κ1) is 23.3. The number of hydrogen-bond acceptors (Lipinski definition) is 5. The Hall–Kier alpha value is -2.94. The zero-order valence-corrected chi connectivity index (χ0v) is 17.8. The van der Waals surface area contributed by atoms with Gasteiger partial charge in [0, 0.05) is 25.2 Å². The van der Waals surface area contributed by atoms with Crippen LogP contribution in [0.4, 0.5) is 10.1 Å². The molecule has 30 heavy (non-hydrogen) atoms. The van der Waals surface area contributed by atoms with Crippen LogP contribution in [0.1, 0.15) is 36.3 Å². The third-order valence-electron chi connectivity index (χ3n) is 4.16. The van der Waals surface area contributed by atoms with Gasteiger partial charge in [0.25, 0.3) is 5.91 Å². The van der Waals surface area contributed by atoms with Gasteiger partial charge in [-0.3, -0.25) is 14.3 Å². The Labute approximate surface area is 178 Å². The number of carbonyl (C=O) groups excluding carboxylic acids is 3. The topological polar surface area (TPSA) is 108 Å². The van der Waals surface area contributed by atoms with Crippen molar-refractivity contribution in [1.29, 1.82) is 0 Å². The lowest BCUT2D eigenvalue weighted by Crippen LogP contribution is -2.37. The Morgan fingerprint density at radius 3 is 2.47 bits per heavy atom. The molecule has 2 aromatic rings. The molecule has 0 bridgehead atoms. The first-order chi connectivity index (χ1) is 14.1. The molecule has 0 saturated carbocycles. The molecule has 0 spiro atoms. The van der Waals surface area contributed by atoms with E-state index in [2.05, 4.69) is 5.10 Å². The number of rotatable bonds is 9. The van der Waals surface area contributed by atoms with Crippen molar-refractivity contribution in [2.45, 2.75) is 33.7 Å². The number of primary amides is 1. The maximum Gasteiger partial charge on any atom is 0.343 e. The largest absolute Gasteiger partial charge is 0.452 e. The fourth-order valence-electron chi connectivity index (χ4n) is 2.77. The highest BCUT2D eigenvalue weighted by Gasteiger charge is 2.24. The number of carbonyl (C=O) groups is 3. The van der Waals surface area contributed by atoms with E-state index in [-0.39, 0.29) is 29.6 Å². The number of ether oxygens (including phenoxy) is 1. The zero-order chi connectivity index (χ0) is 22.4. The third-order valence-corrected chi connectivity index (χ3v) is 4.54. The number of amides is 2. The summed E-state index contributed by atoms with van der Waals surface area (Å²) in [6.45, 7) is 5.49. The number of hydrogen-bond donors (Lipinski definition) is 1. The van der Waals surface area contributed by atoms with Crippen LogP contribution in [0.25, 0.3) is 0 Å². The Bertz CT molecular complexity index is 928. The van der Waals surface area contributed by atoms with Crippen molar-refractivity contribution >= 4 is 35.1 Å². The van der Waals surface area contributed by atoms with Crippen LogP contribution >= 0.6 is 11.6 Å². The lowest BCUT2D eigenvalue weighted by molar-refractivity contribution is -0.121. The highest BCUT2D eigenvalue weighted by atomic mass is 35.5. The average molecular weight is 439 g/mol.